The molecule has 206 valence electrons. The molecule has 10 nitrogen and oxygen atoms in total. The highest BCUT2D eigenvalue weighted by molar-refractivity contribution is 7.86. The van der Waals surface area contributed by atoms with Gasteiger partial charge in [0.25, 0.3) is 0 Å². The number of unbranched alkanes of at least 4 members (excludes halogenated alkanes) is 3. The Labute approximate surface area is 217 Å². The van der Waals surface area contributed by atoms with E-state index in [0.29, 0.717) is 0 Å². The number of hydrogen-bond acceptors (Lipinski definition) is 8. The van der Waals surface area contributed by atoms with Crippen molar-refractivity contribution in [1.29, 1.82) is 0 Å². The summed E-state index contributed by atoms with van der Waals surface area (Å²) in [5.74, 6) is -0.958. The molecule has 0 radical (unpaired) electrons. The van der Waals surface area contributed by atoms with E-state index >= 15 is 0 Å². The Morgan fingerprint density at radius 1 is 0.694 bits per heavy atom. The van der Waals surface area contributed by atoms with Crippen LogP contribution in [0, 0.1) is 0 Å². The number of quaternary nitrogens is 2. The first-order chi connectivity index (χ1) is 16.9. The number of nitrogens with zero attached hydrogens (tertiary/aromatic N) is 4. The highest BCUT2D eigenvalue weighted by Gasteiger charge is 2.28. The van der Waals surface area contributed by atoms with Crippen LogP contribution in [-0.2, 0) is 20.2 Å². The molecule has 0 aliphatic carbocycles. The third-order valence-corrected chi connectivity index (χ3v) is 6.68. The summed E-state index contributed by atoms with van der Waals surface area (Å²) in [6.45, 7) is 15.4. The van der Waals surface area contributed by atoms with Crippen molar-refractivity contribution in [1.82, 2.24) is 0 Å². The molecule has 0 N–H and O–H groups in total. The molecular weight excluding hydrogens is 504 g/mol. The molecule has 0 fully saturated rings. The van der Waals surface area contributed by atoms with Crippen LogP contribution in [0.3, 0.4) is 0 Å². The summed E-state index contributed by atoms with van der Waals surface area (Å²) in [5.41, 5.74) is 0. The van der Waals surface area contributed by atoms with Crippen molar-refractivity contribution >= 4 is 32.9 Å². The molecule has 2 unspecified atom stereocenters. The van der Waals surface area contributed by atoms with Gasteiger partial charge in [-0.25, -0.2) is 26.8 Å². The molecule has 0 bridgehead atoms. The van der Waals surface area contributed by atoms with Crippen LogP contribution in [0.4, 0.5) is 0 Å². The smallest absolute Gasteiger partial charge is 0.194 e. The number of hydrogen-bond donors (Lipinski definition) is 0. The van der Waals surface area contributed by atoms with E-state index in [0.717, 1.165) is 21.1 Å². The Morgan fingerprint density at radius 3 is 1.22 bits per heavy atom. The van der Waals surface area contributed by atoms with E-state index in [9.17, 15) is 25.9 Å². The largest absolute Gasteiger partial charge is 0.748 e. The zero-order valence-corrected chi connectivity index (χ0v) is 23.2. The van der Waals surface area contributed by atoms with Crippen LogP contribution in [-0.4, -0.2) is 85.3 Å². The lowest BCUT2D eigenvalue weighted by atomic mass is 10.2. The maximum Gasteiger partial charge on any atom is 0.194 e. The van der Waals surface area contributed by atoms with Crippen LogP contribution in [0.1, 0.15) is 52.4 Å². The molecule has 0 spiro atoms. The minimum atomic E-state index is -4.04. The summed E-state index contributed by atoms with van der Waals surface area (Å²) >= 11 is 0. The number of aliphatic imine (C=N–C) groups is 2. The fraction of sp³-hybridized carbons (Fsp3) is 0.583. The molecule has 0 amide bonds. The zero-order chi connectivity index (χ0) is 27.6. The van der Waals surface area contributed by atoms with Crippen LogP contribution in [0.15, 0.2) is 60.1 Å². The monoisotopic (exact) mass is 546 g/mol. The molecule has 36 heavy (non-hydrogen) atoms. The normalized spacial score (nSPS) is 22.0. The SMILES string of the molecule is C=CCS(=O)(=O)[O-].C=CCS(=O)(=O)[O-].CCCC[N+]1(CCCC[N+]2(CCCC)C=CN=C2)C=CN=C1. The van der Waals surface area contributed by atoms with Crippen LogP contribution in [0.25, 0.3) is 0 Å². The van der Waals surface area contributed by atoms with Crippen LogP contribution >= 0.6 is 0 Å². The third-order valence-electron chi connectivity index (χ3n) is 5.39. The molecule has 2 atom stereocenters. The van der Waals surface area contributed by atoms with Crippen LogP contribution in [0.5, 0.6) is 0 Å². The number of rotatable bonds is 15. The molecule has 12 heteroatoms. The first-order valence-corrected chi connectivity index (χ1v) is 15.3. The maximum absolute atomic E-state index is 9.60. The van der Waals surface area contributed by atoms with Crippen LogP contribution in [0.2, 0.25) is 0 Å². The van der Waals surface area contributed by atoms with Crippen molar-refractivity contribution in [2.24, 2.45) is 9.98 Å². The van der Waals surface area contributed by atoms with Gasteiger partial charge in [0, 0.05) is 12.8 Å². The van der Waals surface area contributed by atoms with Crippen molar-refractivity contribution in [2.45, 2.75) is 52.4 Å². The van der Waals surface area contributed by atoms with Gasteiger partial charge >= 0.3 is 0 Å². The summed E-state index contributed by atoms with van der Waals surface area (Å²) < 4.78 is 59.5. The second-order valence-electron chi connectivity index (χ2n) is 8.67. The quantitative estimate of drug-likeness (QED) is 0.133. The average Bonchev–Trinajstić information content (AvgIpc) is 3.44. The highest BCUT2D eigenvalue weighted by Crippen LogP contribution is 2.18. The van der Waals surface area contributed by atoms with E-state index in [2.05, 4.69) is 62.1 Å². The van der Waals surface area contributed by atoms with Gasteiger partial charge in [0.2, 0.25) is 0 Å². The Bertz CT molecular complexity index is 882. The van der Waals surface area contributed by atoms with Crippen LogP contribution < -0.4 is 0 Å². The predicted molar refractivity (Wildman–Crippen MR) is 144 cm³/mol. The summed E-state index contributed by atoms with van der Waals surface area (Å²) in [5, 5.41) is 0. The molecule has 2 aliphatic rings. The molecular formula is C24H42N4O6S2. The van der Waals surface area contributed by atoms with Gasteiger partial charge in [0.1, 0.15) is 12.4 Å². The zero-order valence-electron chi connectivity index (χ0n) is 21.6. The Hall–Kier alpha value is -1.96. The van der Waals surface area contributed by atoms with Crippen molar-refractivity contribution in [3.05, 3.63) is 50.1 Å². The van der Waals surface area contributed by atoms with E-state index in [-0.39, 0.29) is 0 Å². The van der Waals surface area contributed by atoms with Crippen molar-refractivity contribution < 1.29 is 34.9 Å². The van der Waals surface area contributed by atoms with Gasteiger partial charge in [-0.05, 0) is 12.8 Å². The molecule has 0 aromatic carbocycles. The molecule has 2 heterocycles. The summed E-state index contributed by atoms with van der Waals surface area (Å²) in [4.78, 5) is 8.66. The predicted octanol–water partition coefficient (Wildman–Crippen LogP) is 3.46. The minimum absolute atomic E-state index is 0.479. The molecule has 0 aromatic rings. The van der Waals surface area contributed by atoms with E-state index in [1.165, 1.54) is 64.7 Å². The van der Waals surface area contributed by atoms with Gasteiger partial charge in [0.15, 0.2) is 12.7 Å². The Kier molecular flexibility index (Phi) is 16.5. The van der Waals surface area contributed by atoms with E-state index in [1.807, 2.05) is 12.4 Å². The summed E-state index contributed by atoms with van der Waals surface area (Å²) in [6.07, 6.45) is 22.3. The van der Waals surface area contributed by atoms with Gasteiger partial charge < -0.3 is 9.11 Å². The van der Waals surface area contributed by atoms with Crippen molar-refractivity contribution in [3.63, 3.8) is 0 Å². The standard InChI is InChI=1S/C18H32N4.2C3H6O3S/c1-3-5-11-21(15-9-19-17-21)13-7-8-14-22(12-6-4-2)16-10-20-18-22;2*1-2-3-7(4,5)6/h9-10,15-18H,3-8,11-14H2,1-2H3;2*2H,1,3H2,(H,4,5,6)/q+2;;/p-2. The van der Waals surface area contributed by atoms with Gasteiger partial charge in [-0.15, -0.1) is 13.2 Å². The molecule has 0 aromatic heterocycles. The van der Waals surface area contributed by atoms with E-state index in [1.54, 1.807) is 0 Å². The first-order valence-electron chi connectivity index (χ1n) is 12.1. The van der Waals surface area contributed by atoms with E-state index in [4.69, 9.17) is 0 Å². The lowest BCUT2D eigenvalue weighted by Crippen LogP contribution is -2.43. The molecule has 0 saturated heterocycles. The highest BCUT2D eigenvalue weighted by atomic mass is 32.2. The van der Waals surface area contributed by atoms with Gasteiger partial charge in [-0.1, -0.05) is 38.8 Å². The second-order valence-corrected chi connectivity index (χ2v) is 11.6. The summed E-state index contributed by atoms with van der Waals surface area (Å²) in [6, 6.07) is 0. The topological polar surface area (TPSA) is 139 Å². The fourth-order valence-electron chi connectivity index (χ4n) is 3.52. The first kappa shape index (κ1) is 34.0. The molecule has 2 aliphatic heterocycles. The van der Waals surface area contributed by atoms with Gasteiger partial charge in [-0.2, -0.15) is 0 Å². The second kappa shape index (κ2) is 17.5. The average molecular weight is 547 g/mol. The third kappa shape index (κ3) is 16.7. The summed E-state index contributed by atoms with van der Waals surface area (Å²) in [7, 11) is -8.08. The van der Waals surface area contributed by atoms with Gasteiger partial charge in [0.05, 0.1) is 70.3 Å². The van der Waals surface area contributed by atoms with Crippen molar-refractivity contribution in [3.8, 4) is 0 Å². The lowest BCUT2D eigenvalue weighted by molar-refractivity contribution is -0.787. The molecule has 0 saturated carbocycles. The Balaban J connectivity index is 0.000000720. The Morgan fingerprint density at radius 2 is 1.03 bits per heavy atom. The van der Waals surface area contributed by atoms with Gasteiger partial charge in [-0.3, -0.25) is 8.97 Å². The van der Waals surface area contributed by atoms with E-state index < -0.39 is 31.7 Å². The lowest BCUT2D eigenvalue weighted by Gasteiger charge is -2.29. The van der Waals surface area contributed by atoms with Crippen molar-refractivity contribution in [2.75, 3.05) is 37.7 Å². The fourth-order valence-corrected chi connectivity index (χ4v) is 4.10. The minimum Gasteiger partial charge on any atom is -0.748 e. The maximum atomic E-state index is 9.60. The molecule has 2 rings (SSSR count).